The highest BCUT2D eigenvalue weighted by molar-refractivity contribution is 7.92. The molecular weight excluding hydrogens is 586 g/mol. The Kier molecular flexibility index (Phi) is 11.4. The van der Waals surface area contributed by atoms with Gasteiger partial charge in [-0.1, -0.05) is 90.0 Å². The van der Waals surface area contributed by atoms with Crippen LogP contribution in [-0.4, -0.2) is 50.9 Å². The summed E-state index contributed by atoms with van der Waals surface area (Å²) in [5, 5.41) is 2.89. The van der Waals surface area contributed by atoms with Crippen molar-refractivity contribution in [3.8, 4) is 5.75 Å². The molecule has 0 aromatic heterocycles. The van der Waals surface area contributed by atoms with Crippen molar-refractivity contribution < 1.29 is 22.7 Å². The molecule has 0 heterocycles. The molecule has 0 spiro atoms. The van der Waals surface area contributed by atoms with Gasteiger partial charge in [-0.3, -0.25) is 13.9 Å². The zero-order chi connectivity index (χ0) is 32.4. The van der Waals surface area contributed by atoms with E-state index in [9.17, 15) is 18.0 Å². The van der Waals surface area contributed by atoms with Gasteiger partial charge in [-0.05, 0) is 63.1 Å². The summed E-state index contributed by atoms with van der Waals surface area (Å²) in [6, 6.07) is 29.6. The number of benzene rings is 4. The van der Waals surface area contributed by atoms with Crippen LogP contribution in [0.1, 0.15) is 36.1 Å². The molecule has 9 heteroatoms. The fourth-order valence-electron chi connectivity index (χ4n) is 5.14. The van der Waals surface area contributed by atoms with Gasteiger partial charge in [0.25, 0.3) is 10.0 Å². The van der Waals surface area contributed by atoms with Crippen molar-refractivity contribution in [2.75, 3.05) is 24.0 Å². The zero-order valence-corrected chi connectivity index (χ0v) is 27.1. The smallest absolute Gasteiger partial charge is 0.264 e. The second kappa shape index (κ2) is 15.4. The van der Waals surface area contributed by atoms with Crippen molar-refractivity contribution in [2.45, 2.75) is 51.6 Å². The number of ether oxygens (including phenoxy) is 1. The Balaban J connectivity index is 1.83. The van der Waals surface area contributed by atoms with Crippen molar-refractivity contribution in [2.24, 2.45) is 0 Å². The van der Waals surface area contributed by atoms with Crippen LogP contribution in [0.2, 0.25) is 0 Å². The SMILES string of the molecule is CCNC(=O)[C@H](Cc1ccccc1)N(Cc1cccc(C)c1)C(=O)CN(c1ccccc1OCC)S(=O)(=O)c1ccc(C)cc1. The van der Waals surface area contributed by atoms with Crippen molar-refractivity contribution in [3.05, 3.63) is 125 Å². The van der Waals surface area contributed by atoms with E-state index in [2.05, 4.69) is 5.32 Å². The Bertz CT molecular complexity index is 1690. The van der Waals surface area contributed by atoms with Crippen molar-refractivity contribution in [1.82, 2.24) is 10.2 Å². The number of nitrogens with zero attached hydrogens (tertiary/aromatic N) is 2. The number of anilines is 1. The molecule has 0 unspecified atom stereocenters. The maximum absolute atomic E-state index is 14.6. The van der Waals surface area contributed by atoms with E-state index in [0.29, 0.717) is 18.9 Å². The van der Waals surface area contributed by atoms with Gasteiger partial charge in [-0.15, -0.1) is 0 Å². The van der Waals surface area contributed by atoms with Gasteiger partial charge in [-0.25, -0.2) is 8.42 Å². The molecule has 0 saturated carbocycles. The van der Waals surface area contributed by atoms with E-state index in [1.165, 1.54) is 17.0 Å². The molecule has 0 aliphatic heterocycles. The van der Waals surface area contributed by atoms with Crippen molar-refractivity contribution in [1.29, 1.82) is 0 Å². The van der Waals surface area contributed by atoms with Gasteiger partial charge in [0.05, 0.1) is 17.2 Å². The fraction of sp³-hybridized carbons (Fsp3) is 0.278. The van der Waals surface area contributed by atoms with Crippen LogP contribution in [0.5, 0.6) is 5.75 Å². The maximum Gasteiger partial charge on any atom is 0.264 e. The van der Waals surface area contributed by atoms with E-state index in [1.807, 2.05) is 82.3 Å². The average molecular weight is 628 g/mol. The lowest BCUT2D eigenvalue weighted by molar-refractivity contribution is -0.140. The third kappa shape index (κ3) is 8.51. The first-order valence-corrected chi connectivity index (χ1v) is 16.6. The second-order valence-electron chi connectivity index (χ2n) is 10.8. The maximum atomic E-state index is 14.6. The molecule has 0 bridgehead atoms. The van der Waals surface area contributed by atoms with Crippen LogP contribution in [0.3, 0.4) is 0 Å². The molecule has 0 aliphatic rings. The Labute approximate surface area is 266 Å². The summed E-state index contributed by atoms with van der Waals surface area (Å²) in [6.07, 6.45) is 0.254. The van der Waals surface area contributed by atoms with E-state index in [4.69, 9.17) is 4.74 Å². The molecule has 0 fully saturated rings. The Hall–Kier alpha value is -4.63. The molecule has 236 valence electrons. The lowest BCUT2D eigenvalue weighted by Crippen LogP contribution is -2.53. The normalized spacial score (nSPS) is 11.8. The number of para-hydroxylation sites is 2. The van der Waals surface area contributed by atoms with E-state index >= 15 is 0 Å². The van der Waals surface area contributed by atoms with Gasteiger partial charge in [-0.2, -0.15) is 0 Å². The van der Waals surface area contributed by atoms with Crippen LogP contribution in [0.25, 0.3) is 0 Å². The minimum atomic E-state index is -4.23. The van der Waals surface area contributed by atoms with Crippen LogP contribution in [-0.2, 0) is 32.6 Å². The van der Waals surface area contributed by atoms with Gasteiger partial charge in [0, 0.05) is 19.5 Å². The molecule has 2 amide bonds. The van der Waals surface area contributed by atoms with Crippen LogP contribution in [0.15, 0.2) is 108 Å². The number of likely N-dealkylation sites (N-methyl/N-ethyl adjacent to an activating group) is 1. The number of hydrogen-bond acceptors (Lipinski definition) is 5. The van der Waals surface area contributed by atoms with E-state index in [0.717, 1.165) is 26.6 Å². The third-order valence-corrected chi connectivity index (χ3v) is 9.15. The Morgan fingerprint density at radius 2 is 1.47 bits per heavy atom. The van der Waals surface area contributed by atoms with E-state index in [-0.39, 0.29) is 29.5 Å². The van der Waals surface area contributed by atoms with Crippen molar-refractivity contribution in [3.63, 3.8) is 0 Å². The molecule has 4 rings (SSSR count). The summed E-state index contributed by atoms with van der Waals surface area (Å²) >= 11 is 0. The highest BCUT2D eigenvalue weighted by Crippen LogP contribution is 2.33. The van der Waals surface area contributed by atoms with Crippen LogP contribution in [0.4, 0.5) is 5.69 Å². The van der Waals surface area contributed by atoms with Gasteiger partial charge < -0.3 is 15.0 Å². The number of sulfonamides is 1. The number of nitrogens with one attached hydrogen (secondary N) is 1. The molecule has 1 atom stereocenters. The first kappa shape index (κ1) is 33.3. The van der Waals surface area contributed by atoms with Gasteiger partial charge in [0.2, 0.25) is 11.8 Å². The number of carbonyl (C=O) groups is 2. The molecule has 4 aromatic carbocycles. The Morgan fingerprint density at radius 3 is 2.13 bits per heavy atom. The van der Waals surface area contributed by atoms with Crippen LogP contribution >= 0.6 is 0 Å². The predicted octanol–water partition coefficient (Wildman–Crippen LogP) is 5.67. The molecular formula is C36H41N3O5S. The van der Waals surface area contributed by atoms with Gasteiger partial charge >= 0.3 is 0 Å². The topological polar surface area (TPSA) is 96.0 Å². The summed E-state index contributed by atoms with van der Waals surface area (Å²) in [4.78, 5) is 29.7. The predicted molar refractivity (Wildman–Crippen MR) is 178 cm³/mol. The number of hydrogen-bond donors (Lipinski definition) is 1. The first-order chi connectivity index (χ1) is 21.6. The summed E-state index contributed by atoms with van der Waals surface area (Å²) in [5.41, 5.74) is 3.85. The van der Waals surface area contributed by atoms with E-state index in [1.54, 1.807) is 36.4 Å². The number of amides is 2. The van der Waals surface area contributed by atoms with Crippen LogP contribution in [0, 0.1) is 13.8 Å². The number of aryl methyl sites for hydroxylation is 2. The summed E-state index contributed by atoms with van der Waals surface area (Å²) in [5.74, 6) is -0.506. The monoisotopic (exact) mass is 627 g/mol. The standard InChI is InChI=1S/C36H41N3O5S/c1-5-37-36(41)33(24-29-14-8-7-9-15-29)38(25-30-16-12-13-28(4)23-30)35(40)26-39(32-17-10-11-18-34(32)44-6-2)45(42,43)31-21-19-27(3)20-22-31/h7-23,33H,5-6,24-26H2,1-4H3,(H,37,41)/t33-/m0/s1. The summed E-state index contributed by atoms with van der Waals surface area (Å²) in [6.45, 7) is 7.72. The highest BCUT2D eigenvalue weighted by Gasteiger charge is 2.35. The minimum Gasteiger partial charge on any atom is -0.492 e. The second-order valence-corrected chi connectivity index (χ2v) is 12.7. The first-order valence-electron chi connectivity index (χ1n) is 15.1. The zero-order valence-electron chi connectivity index (χ0n) is 26.3. The third-order valence-electron chi connectivity index (χ3n) is 7.38. The van der Waals surface area contributed by atoms with Crippen LogP contribution < -0.4 is 14.4 Å². The molecule has 1 N–H and O–H groups in total. The molecule has 8 nitrogen and oxygen atoms in total. The molecule has 0 radical (unpaired) electrons. The molecule has 4 aromatic rings. The highest BCUT2D eigenvalue weighted by atomic mass is 32.2. The minimum absolute atomic E-state index is 0.0435. The molecule has 0 aliphatic carbocycles. The lowest BCUT2D eigenvalue weighted by atomic mass is 10.0. The molecule has 0 saturated heterocycles. The average Bonchev–Trinajstić information content (AvgIpc) is 3.03. The van der Waals surface area contributed by atoms with Crippen molar-refractivity contribution >= 4 is 27.5 Å². The van der Waals surface area contributed by atoms with E-state index < -0.39 is 28.5 Å². The quantitative estimate of drug-likeness (QED) is 0.194. The largest absolute Gasteiger partial charge is 0.492 e. The molecule has 45 heavy (non-hydrogen) atoms. The number of carbonyl (C=O) groups excluding carboxylic acids is 2. The number of rotatable bonds is 14. The van der Waals surface area contributed by atoms with Gasteiger partial charge in [0.15, 0.2) is 0 Å². The fourth-order valence-corrected chi connectivity index (χ4v) is 6.57. The summed E-state index contributed by atoms with van der Waals surface area (Å²) in [7, 11) is -4.23. The van der Waals surface area contributed by atoms with Gasteiger partial charge in [0.1, 0.15) is 18.3 Å². The Morgan fingerprint density at radius 1 is 0.800 bits per heavy atom. The summed E-state index contributed by atoms with van der Waals surface area (Å²) < 4.78 is 35.5. The lowest BCUT2D eigenvalue weighted by Gasteiger charge is -2.34.